The first kappa shape index (κ1) is 29.1. The lowest BCUT2D eigenvalue weighted by Gasteiger charge is -2.25. The third-order valence-electron chi connectivity index (χ3n) is 6.89. The first-order chi connectivity index (χ1) is 20.3. The van der Waals surface area contributed by atoms with Crippen LogP contribution >= 0.6 is 11.3 Å². The molecule has 8 nitrogen and oxygen atoms in total. The number of fused-ring (bicyclic) bond motifs is 2. The van der Waals surface area contributed by atoms with Crippen LogP contribution in [0, 0.1) is 0 Å². The maximum atomic E-state index is 14.2. The first-order valence-corrected chi connectivity index (χ1v) is 14.8. The molecule has 0 aliphatic carbocycles. The minimum Gasteiger partial charge on any atom is -0.493 e. The van der Waals surface area contributed by atoms with Gasteiger partial charge in [-0.1, -0.05) is 47.7 Å². The zero-order valence-corrected chi connectivity index (χ0v) is 25.4. The van der Waals surface area contributed by atoms with Crippen LogP contribution in [0.1, 0.15) is 51.8 Å². The summed E-state index contributed by atoms with van der Waals surface area (Å²) in [7, 11) is 1.57. The lowest BCUT2D eigenvalue weighted by Crippen LogP contribution is -2.40. The molecular formula is C33H34N2O6S. The summed E-state index contributed by atoms with van der Waals surface area (Å²) in [5.41, 5.74) is 2.02. The lowest BCUT2D eigenvalue weighted by atomic mass is 9.95. The summed E-state index contributed by atoms with van der Waals surface area (Å²) in [5.74, 6) is 1.24. The molecule has 0 radical (unpaired) electrons. The fraction of sp³-hybridized carbons (Fsp3) is 0.303. The molecule has 0 fully saturated rings. The summed E-state index contributed by atoms with van der Waals surface area (Å²) in [4.78, 5) is 32.8. The van der Waals surface area contributed by atoms with E-state index in [9.17, 15) is 9.59 Å². The zero-order valence-electron chi connectivity index (χ0n) is 24.6. The van der Waals surface area contributed by atoms with E-state index in [4.69, 9.17) is 23.9 Å². The standard InChI is InChI=1S/C33H34N2O6S/c1-7-39-27-17-22(14-16-26(27)38-6)30-29(32(37)40-8-2)20(5)34-33-35(30)31(36)28(42-33)18-24-23-12-10-9-11-21(23)13-15-25(24)41-19(3)4/h9-19,30H,7-8H2,1-6H3/b28-18-/t30-/m0/s1. The van der Waals surface area contributed by atoms with Crippen LogP contribution in [0.3, 0.4) is 0 Å². The van der Waals surface area contributed by atoms with E-state index in [1.54, 1.807) is 37.7 Å². The van der Waals surface area contributed by atoms with E-state index >= 15 is 0 Å². The molecule has 218 valence electrons. The highest BCUT2D eigenvalue weighted by Gasteiger charge is 2.34. The normalized spacial score (nSPS) is 15.0. The summed E-state index contributed by atoms with van der Waals surface area (Å²) in [5, 5.41) is 2.01. The van der Waals surface area contributed by atoms with E-state index in [0.717, 1.165) is 16.3 Å². The lowest BCUT2D eigenvalue weighted by molar-refractivity contribution is -0.139. The van der Waals surface area contributed by atoms with Gasteiger partial charge < -0.3 is 18.9 Å². The first-order valence-electron chi connectivity index (χ1n) is 14.0. The van der Waals surface area contributed by atoms with Crippen molar-refractivity contribution in [3.8, 4) is 17.2 Å². The summed E-state index contributed by atoms with van der Waals surface area (Å²) < 4.78 is 24.9. The third-order valence-corrected chi connectivity index (χ3v) is 7.87. The third kappa shape index (κ3) is 5.44. The van der Waals surface area contributed by atoms with Crippen molar-refractivity contribution >= 4 is 34.2 Å². The Bertz CT molecular complexity index is 1870. The average Bonchev–Trinajstić information content (AvgIpc) is 3.27. The largest absolute Gasteiger partial charge is 0.493 e. The number of hydrogen-bond donors (Lipinski definition) is 0. The second-order valence-corrected chi connectivity index (χ2v) is 11.0. The van der Waals surface area contributed by atoms with Crippen molar-refractivity contribution in [2.75, 3.05) is 20.3 Å². The van der Waals surface area contributed by atoms with E-state index in [-0.39, 0.29) is 18.3 Å². The Balaban J connectivity index is 1.78. The number of allylic oxidation sites excluding steroid dienone is 1. The van der Waals surface area contributed by atoms with Gasteiger partial charge in [0.15, 0.2) is 16.3 Å². The van der Waals surface area contributed by atoms with Crippen LogP contribution in [0.5, 0.6) is 17.2 Å². The molecule has 0 bridgehead atoms. The number of ether oxygens (including phenoxy) is 4. The molecular weight excluding hydrogens is 552 g/mol. The molecule has 3 aromatic carbocycles. The number of rotatable bonds is 9. The van der Waals surface area contributed by atoms with Crippen molar-refractivity contribution in [1.82, 2.24) is 4.57 Å². The Morgan fingerprint density at radius 3 is 2.52 bits per heavy atom. The summed E-state index contributed by atoms with van der Waals surface area (Å²) in [6.45, 7) is 9.96. The predicted molar refractivity (Wildman–Crippen MR) is 164 cm³/mol. The Morgan fingerprint density at radius 1 is 1.05 bits per heavy atom. The van der Waals surface area contributed by atoms with Gasteiger partial charge in [-0.05, 0) is 75.2 Å². The SMILES string of the molecule is CCOC(=O)C1=C(C)N=c2s/c(=C\c3c(OC(C)C)ccc4ccccc34)c(=O)n2[C@H]1c1ccc(OC)c(OCC)c1. The van der Waals surface area contributed by atoms with Gasteiger partial charge in [0.25, 0.3) is 5.56 Å². The second kappa shape index (κ2) is 12.2. The molecule has 1 aliphatic heterocycles. The highest BCUT2D eigenvalue weighted by molar-refractivity contribution is 7.07. The summed E-state index contributed by atoms with van der Waals surface area (Å²) in [6.07, 6.45) is 1.81. The number of esters is 1. The Morgan fingerprint density at radius 2 is 1.81 bits per heavy atom. The number of carbonyl (C=O) groups excluding carboxylic acids is 1. The predicted octanol–water partition coefficient (Wildman–Crippen LogP) is 5.15. The van der Waals surface area contributed by atoms with Gasteiger partial charge >= 0.3 is 5.97 Å². The van der Waals surface area contributed by atoms with Gasteiger partial charge in [-0.3, -0.25) is 9.36 Å². The number of thiazole rings is 1. The molecule has 5 rings (SSSR count). The number of methoxy groups -OCH3 is 1. The molecule has 42 heavy (non-hydrogen) atoms. The molecule has 1 aliphatic rings. The quantitative estimate of drug-likeness (QED) is 0.252. The smallest absolute Gasteiger partial charge is 0.338 e. The van der Waals surface area contributed by atoms with Crippen LogP contribution in [0.2, 0.25) is 0 Å². The van der Waals surface area contributed by atoms with E-state index in [2.05, 4.69) is 0 Å². The zero-order chi connectivity index (χ0) is 30.0. The number of carbonyl (C=O) groups is 1. The van der Waals surface area contributed by atoms with Gasteiger partial charge in [-0.15, -0.1) is 0 Å². The number of hydrogen-bond acceptors (Lipinski definition) is 8. The van der Waals surface area contributed by atoms with E-state index in [0.29, 0.717) is 50.0 Å². The van der Waals surface area contributed by atoms with E-state index < -0.39 is 12.0 Å². The highest BCUT2D eigenvalue weighted by Crippen LogP contribution is 2.36. The van der Waals surface area contributed by atoms with Crippen LogP contribution in [0.4, 0.5) is 0 Å². The Hall–Kier alpha value is -4.37. The number of nitrogens with zero attached hydrogens (tertiary/aromatic N) is 2. The molecule has 0 saturated heterocycles. The van der Waals surface area contributed by atoms with E-state index in [1.165, 1.54) is 11.3 Å². The molecule has 0 saturated carbocycles. The van der Waals surface area contributed by atoms with Gasteiger partial charge in [0, 0.05) is 5.56 Å². The fourth-order valence-corrected chi connectivity index (χ4v) is 6.18. The van der Waals surface area contributed by atoms with Crippen LogP contribution in [0.15, 0.2) is 75.7 Å². The van der Waals surface area contributed by atoms with Crippen molar-refractivity contribution in [2.45, 2.75) is 46.8 Å². The molecule has 1 aromatic heterocycles. The number of benzene rings is 3. The molecule has 0 N–H and O–H groups in total. The van der Waals surface area contributed by atoms with Crippen molar-refractivity contribution in [2.24, 2.45) is 4.99 Å². The molecule has 1 atom stereocenters. The van der Waals surface area contributed by atoms with Crippen molar-refractivity contribution in [3.63, 3.8) is 0 Å². The average molecular weight is 587 g/mol. The topological polar surface area (TPSA) is 88.4 Å². The van der Waals surface area contributed by atoms with Crippen LogP contribution < -0.4 is 29.1 Å². The summed E-state index contributed by atoms with van der Waals surface area (Å²) in [6, 6.07) is 16.6. The maximum absolute atomic E-state index is 14.2. The molecule has 2 heterocycles. The minimum atomic E-state index is -0.772. The van der Waals surface area contributed by atoms with Gasteiger partial charge in [0.1, 0.15) is 5.75 Å². The molecule has 4 aromatic rings. The Labute approximate surface area is 248 Å². The monoisotopic (exact) mass is 586 g/mol. The van der Waals surface area contributed by atoms with Crippen molar-refractivity contribution in [1.29, 1.82) is 0 Å². The van der Waals surface area contributed by atoms with Gasteiger partial charge in [-0.2, -0.15) is 0 Å². The van der Waals surface area contributed by atoms with Crippen LogP contribution in [0.25, 0.3) is 16.8 Å². The Kier molecular flexibility index (Phi) is 8.49. The molecule has 0 spiro atoms. The van der Waals surface area contributed by atoms with Gasteiger partial charge in [-0.25, -0.2) is 9.79 Å². The molecule has 0 unspecified atom stereocenters. The fourth-order valence-electron chi connectivity index (χ4n) is 5.15. The van der Waals surface area contributed by atoms with Crippen LogP contribution in [-0.4, -0.2) is 37.0 Å². The van der Waals surface area contributed by atoms with Crippen LogP contribution in [-0.2, 0) is 9.53 Å². The second-order valence-electron chi connectivity index (χ2n) is 10.0. The minimum absolute atomic E-state index is 0.0519. The van der Waals surface area contributed by atoms with E-state index in [1.807, 2.05) is 69.3 Å². The molecule has 9 heteroatoms. The molecule has 0 amide bonds. The van der Waals surface area contributed by atoms with Gasteiger partial charge in [0.2, 0.25) is 0 Å². The highest BCUT2D eigenvalue weighted by atomic mass is 32.1. The van der Waals surface area contributed by atoms with Crippen molar-refractivity contribution in [3.05, 3.63) is 96.7 Å². The maximum Gasteiger partial charge on any atom is 0.338 e. The summed E-state index contributed by atoms with van der Waals surface area (Å²) >= 11 is 1.27. The number of aromatic nitrogens is 1. The van der Waals surface area contributed by atoms with Gasteiger partial charge in [0.05, 0.1) is 48.3 Å². The van der Waals surface area contributed by atoms with Crippen molar-refractivity contribution < 1.29 is 23.7 Å².